The van der Waals surface area contributed by atoms with Crippen LogP contribution in [-0.2, 0) is 0 Å². The van der Waals surface area contributed by atoms with Crippen LogP contribution >= 0.6 is 46.8 Å². The maximum atomic E-state index is 12.5. The van der Waals surface area contributed by atoms with Crippen molar-refractivity contribution in [2.24, 2.45) is 0 Å². The summed E-state index contributed by atoms with van der Waals surface area (Å²) in [6.07, 6.45) is 0. The lowest BCUT2D eigenvalue weighted by Gasteiger charge is -2.11. The molecule has 0 saturated carbocycles. The highest BCUT2D eigenvalue weighted by Gasteiger charge is 2.15. The van der Waals surface area contributed by atoms with Gasteiger partial charge in [-0.25, -0.2) is 0 Å². The first-order valence-electron chi connectivity index (χ1n) is 8.80. The number of carbonyl (C=O) groups is 1. The van der Waals surface area contributed by atoms with Gasteiger partial charge in [-0.3, -0.25) is 10.1 Å². The van der Waals surface area contributed by atoms with Crippen molar-refractivity contribution in [2.75, 3.05) is 12.4 Å². The molecule has 0 spiro atoms. The summed E-state index contributed by atoms with van der Waals surface area (Å²) >= 11 is 18.9. The second kappa shape index (κ2) is 8.75. The van der Waals surface area contributed by atoms with Gasteiger partial charge < -0.3 is 10.1 Å². The molecular weight excluding hydrogens is 479 g/mol. The number of amides is 1. The molecule has 31 heavy (non-hydrogen) atoms. The van der Waals surface area contributed by atoms with Crippen molar-refractivity contribution in [3.05, 3.63) is 57.8 Å². The van der Waals surface area contributed by atoms with Crippen LogP contribution in [0.5, 0.6) is 5.75 Å². The van der Waals surface area contributed by atoms with Gasteiger partial charge in [0.05, 0.1) is 17.2 Å². The number of benzene rings is 2. The highest BCUT2D eigenvalue weighted by Crippen LogP contribution is 2.33. The van der Waals surface area contributed by atoms with Gasteiger partial charge in [-0.15, -0.1) is 10.2 Å². The Balaban J connectivity index is 1.42. The lowest BCUT2D eigenvalue weighted by Crippen LogP contribution is -2.34. The summed E-state index contributed by atoms with van der Waals surface area (Å²) in [5.74, 6) is 0.590. The quantitative estimate of drug-likeness (QED) is 0.402. The zero-order chi connectivity index (χ0) is 22.1. The Bertz CT molecular complexity index is 1280. The molecule has 12 heteroatoms. The van der Waals surface area contributed by atoms with Crippen LogP contribution in [0, 0.1) is 6.92 Å². The third-order valence-electron chi connectivity index (χ3n) is 4.23. The molecule has 0 bridgehead atoms. The number of methoxy groups -OCH3 is 1. The number of thiocarbonyl (C=S) groups is 1. The minimum Gasteiger partial charge on any atom is -0.494 e. The van der Waals surface area contributed by atoms with E-state index in [1.807, 2.05) is 31.2 Å². The molecule has 0 aliphatic rings. The molecule has 8 nitrogen and oxygen atoms in total. The van der Waals surface area contributed by atoms with Gasteiger partial charge in [-0.1, -0.05) is 34.5 Å². The summed E-state index contributed by atoms with van der Waals surface area (Å²) in [6.45, 7) is 1.85. The van der Waals surface area contributed by atoms with Gasteiger partial charge in [0.25, 0.3) is 5.91 Å². The van der Waals surface area contributed by atoms with E-state index >= 15 is 0 Å². The molecule has 4 aromatic rings. The van der Waals surface area contributed by atoms with Crippen molar-refractivity contribution in [2.45, 2.75) is 6.92 Å². The van der Waals surface area contributed by atoms with E-state index in [9.17, 15) is 4.79 Å². The van der Waals surface area contributed by atoms with E-state index in [1.54, 1.807) is 4.52 Å². The number of nitrogens with one attached hydrogen (secondary N) is 2. The van der Waals surface area contributed by atoms with Crippen LogP contribution in [-0.4, -0.2) is 37.9 Å². The third kappa shape index (κ3) is 4.47. The van der Waals surface area contributed by atoms with Crippen molar-refractivity contribution in [1.29, 1.82) is 0 Å². The van der Waals surface area contributed by atoms with Crippen LogP contribution in [0.25, 0.3) is 15.5 Å². The number of hydrogen-bond donors (Lipinski definition) is 2. The maximum absolute atomic E-state index is 12.5. The van der Waals surface area contributed by atoms with Crippen molar-refractivity contribution in [3.8, 4) is 16.3 Å². The summed E-state index contributed by atoms with van der Waals surface area (Å²) < 4.78 is 6.79. The van der Waals surface area contributed by atoms with Gasteiger partial charge in [-0.05, 0) is 55.5 Å². The van der Waals surface area contributed by atoms with Crippen LogP contribution < -0.4 is 15.4 Å². The number of anilines is 1. The Kier molecular flexibility index (Phi) is 6.05. The monoisotopic (exact) mass is 492 g/mol. The number of nitrogens with zero attached hydrogens (tertiary/aromatic N) is 4. The predicted octanol–water partition coefficient (Wildman–Crippen LogP) is 4.60. The fourth-order valence-corrected chi connectivity index (χ4v) is 4.49. The largest absolute Gasteiger partial charge is 0.494 e. The van der Waals surface area contributed by atoms with E-state index in [1.165, 1.54) is 30.6 Å². The first-order valence-corrected chi connectivity index (χ1v) is 10.8. The lowest BCUT2D eigenvalue weighted by atomic mass is 10.2. The first kappa shape index (κ1) is 21.4. The standard InChI is InChI=1S/C19H14Cl2N6O2S2/c1-9-24-25-19-27(9)26-17(31-19)10-3-5-12(6-4-10)22-18(30)23-16(28)11-7-13(20)15(29-2)14(21)8-11/h3-8H,1-2H3,(H2,22,23,28,30). The van der Waals surface area contributed by atoms with Crippen molar-refractivity contribution in [1.82, 2.24) is 25.1 Å². The molecule has 2 aromatic carbocycles. The second-order valence-electron chi connectivity index (χ2n) is 6.31. The molecule has 158 valence electrons. The molecule has 0 radical (unpaired) electrons. The minimum absolute atomic E-state index is 0.134. The summed E-state index contributed by atoms with van der Waals surface area (Å²) in [7, 11) is 1.45. The summed E-state index contributed by atoms with van der Waals surface area (Å²) in [6, 6.07) is 10.4. The molecule has 0 atom stereocenters. The zero-order valence-electron chi connectivity index (χ0n) is 16.1. The molecule has 4 rings (SSSR count). The van der Waals surface area contributed by atoms with Gasteiger partial charge in [0.1, 0.15) is 5.01 Å². The summed E-state index contributed by atoms with van der Waals surface area (Å²) in [5, 5.41) is 19.5. The summed E-state index contributed by atoms with van der Waals surface area (Å²) in [5.41, 5.74) is 1.89. The van der Waals surface area contributed by atoms with E-state index in [0.717, 1.165) is 21.4 Å². The molecule has 0 saturated heterocycles. The SMILES string of the molecule is COc1c(Cl)cc(C(=O)NC(=S)Nc2ccc(-c3nn4c(C)nnc4s3)cc2)cc1Cl. The normalized spacial score (nSPS) is 10.8. The van der Waals surface area contributed by atoms with Crippen LogP contribution in [0.1, 0.15) is 16.2 Å². The molecule has 0 unspecified atom stereocenters. The molecule has 1 amide bonds. The Morgan fingerprint density at radius 3 is 2.45 bits per heavy atom. The van der Waals surface area contributed by atoms with Crippen molar-refractivity contribution < 1.29 is 9.53 Å². The van der Waals surface area contributed by atoms with Crippen LogP contribution in [0.2, 0.25) is 10.0 Å². The Hall–Kier alpha value is -2.79. The number of aryl methyl sites for hydroxylation is 1. The van der Waals surface area contributed by atoms with Gasteiger partial charge in [0, 0.05) is 16.8 Å². The van der Waals surface area contributed by atoms with Gasteiger partial charge in [-0.2, -0.15) is 9.61 Å². The number of halogens is 2. The molecule has 0 fully saturated rings. The maximum Gasteiger partial charge on any atom is 0.257 e. The smallest absolute Gasteiger partial charge is 0.257 e. The number of carbonyl (C=O) groups excluding carboxylic acids is 1. The first-order chi connectivity index (χ1) is 14.9. The van der Waals surface area contributed by atoms with Crippen molar-refractivity contribution in [3.63, 3.8) is 0 Å². The number of hydrogen-bond acceptors (Lipinski definition) is 7. The number of aromatic nitrogens is 4. The van der Waals surface area contributed by atoms with Crippen LogP contribution in [0.3, 0.4) is 0 Å². The number of fused-ring (bicyclic) bond motifs is 1. The lowest BCUT2D eigenvalue weighted by molar-refractivity contribution is 0.0977. The number of rotatable bonds is 4. The van der Waals surface area contributed by atoms with Crippen LogP contribution in [0.15, 0.2) is 36.4 Å². The van der Waals surface area contributed by atoms with Crippen LogP contribution in [0.4, 0.5) is 5.69 Å². The average Bonchev–Trinajstić information content (AvgIpc) is 3.30. The second-order valence-corrected chi connectivity index (χ2v) is 8.49. The zero-order valence-corrected chi connectivity index (χ0v) is 19.3. The molecule has 2 aromatic heterocycles. The van der Waals surface area contributed by atoms with E-state index in [-0.39, 0.29) is 20.7 Å². The third-order valence-corrected chi connectivity index (χ3v) is 5.94. The van der Waals surface area contributed by atoms with Crippen molar-refractivity contribution >= 4 is 68.4 Å². The van der Waals surface area contributed by atoms with E-state index in [0.29, 0.717) is 11.4 Å². The highest BCUT2D eigenvalue weighted by molar-refractivity contribution is 7.80. The summed E-state index contributed by atoms with van der Waals surface area (Å²) in [4.78, 5) is 13.2. The Labute approximate surface area is 196 Å². The van der Waals surface area contributed by atoms with Gasteiger partial charge in [0.15, 0.2) is 16.7 Å². The molecule has 0 aliphatic carbocycles. The van der Waals surface area contributed by atoms with E-state index < -0.39 is 5.91 Å². The average molecular weight is 493 g/mol. The van der Waals surface area contributed by atoms with E-state index in [4.69, 9.17) is 40.2 Å². The predicted molar refractivity (Wildman–Crippen MR) is 126 cm³/mol. The highest BCUT2D eigenvalue weighted by atomic mass is 35.5. The number of ether oxygens (including phenoxy) is 1. The Morgan fingerprint density at radius 2 is 1.84 bits per heavy atom. The molecule has 2 heterocycles. The topological polar surface area (TPSA) is 93.4 Å². The fraction of sp³-hybridized carbons (Fsp3) is 0.105. The van der Waals surface area contributed by atoms with Gasteiger partial charge >= 0.3 is 0 Å². The molecule has 2 N–H and O–H groups in total. The van der Waals surface area contributed by atoms with E-state index in [2.05, 4.69) is 25.9 Å². The fourth-order valence-electron chi connectivity index (χ4n) is 2.75. The Morgan fingerprint density at radius 1 is 1.16 bits per heavy atom. The molecule has 0 aliphatic heterocycles. The van der Waals surface area contributed by atoms with Gasteiger partial charge in [0.2, 0.25) is 4.96 Å². The minimum atomic E-state index is -0.448. The molecular formula is C19H14Cl2N6O2S2.